The fourth-order valence-electron chi connectivity index (χ4n) is 2.34. The molecule has 0 saturated carbocycles. The zero-order chi connectivity index (χ0) is 7.52. The van der Waals surface area contributed by atoms with Gasteiger partial charge in [-0.2, -0.15) is 0 Å². The highest BCUT2D eigenvalue weighted by Gasteiger charge is 2.25. The summed E-state index contributed by atoms with van der Waals surface area (Å²) in [5.74, 6) is 0.922. The lowest BCUT2D eigenvalue weighted by molar-refractivity contribution is 0.304. The van der Waals surface area contributed by atoms with E-state index in [0.29, 0.717) is 0 Å². The van der Waals surface area contributed by atoms with Crippen molar-refractivity contribution in [2.45, 2.75) is 31.7 Å². The monoisotopic (exact) mass is 154 g/mol. The molecule has 2 aliphatic rings. The van der Waals surface area contributed by atoms with Gasteiger partial charge in [-0.05, 0) is 51.2 Å². The summed E-state index contributed by atoms with van der Waals surface area (Å²) in [4.78, 5) is 0. The summed E-state index contributed by atoms with van der Waals surface area (Å²) in [6.45, 7) is 3.74. The average molecular weight is 154 g/mol. The molecule has 0 radical (unpaired) electrons. The highest BCUT2D eigenvalue weighted by molar-refractivity contribution is 4.84. The van der Waals surface area contributed by atoms with E-state index in [0.717, 1.165) is 12.0 Å². The Morgan fingerprint density at radius 1 is 1.00 bits per heavy atom. The third kappa shape index (κ3) is 1.74. The first-order chi connectivity index (χ1) is 5.47. The first kappa shape index (κ1) is 7.56. The van der Waals surface area contributed by atoms with E-state index in [-0.39, 0.29) is 0 Å². The summed E-state index contributed by atoms with van der Waals surface area (Å²) < 4.78 is 0. The SMILES string of the molecule is C1CNC[C@@H]([C@H]2CCCN2)C1. The van der Waals surface area contributed by atoms with Gasteiger partial charge in [0, 0.05) is 6.04 Å². The zero-order valence-electron chi connectivity index (χ0n) is 7.10. The van der Waals surface area contributed by atoms with Crippen LogP contribution in [-0.4, -0.2) is 25.7 Å². The number of piperidine rings is 1. The van der Waals surface area contributed by atoms with Crippen LogP contribution >= 0.6 is 0 Å². The van der Waals surface area contributed by atoms with Crippen LogP contribution in [0.15, 0.2) is 0 Å². The number of nitrogens with one attached hydrogen (secondary N) is 2. The van der Waals surface area contributed by atoms with Gasteiger partial charge in [0.2, 0.25) is 0 Å². The van der Waals surface area contributed by atoms with Crippen molar-refractivity contribution in [1.29, 1.82) is 0 Å². The Bertz CT molecular complexity index is 113. The highest BCUT2D eigenvalue weighted by atomic mass is 15.0. The Morgan fingerprint density at radius 2 is 1.91 bits per heavy atom. The highest BCUT2D eigenvalue weighted by Crippen LogP contribution is 2.20. The Hall–Kier alpha value is -0.0800. The van der Waals surface area contributed by atoms with E-state index in [2.05, 4.69) is 10.6 Å². The van der Waals surface area contributed by atoms with E-state index < -0.39 is 0 Å². The van der Waals surface area contributed by atoms with Gasteiger partial charge >= 0.3 is 0 Å². The third-order valence-electron chi connectivity index (χ3n) is 3.00. The first-order valence-corrected chi connectivity index (χ1v) is 4.91. The maximum Gasteiger partial charge on any atom is 0.0108 e. The van der Waals surface area contributed by atoms with Crippen LogP contribution in [0.5, 0.6) is 0 Å². The maximum atomic E-state index is 3.59. The summed E-state index contributed by atoms with van der Waals surface area (Å²) >= 11 is 0. The van der Waals surface area contributed by atoms with Crippen LogP contribution in [0, 0.1) is 5.92 Å². The molecule has 0 bridgehead atoms. The predicted octanol–water partition coefficient (Wildman–Crippen LogP) is 0.738. The lowest BCUT2D eigenvalue weighted by Crippen LogP contribution is -2.40. The molecule has 2 aliphatic heterocycles. The molecule has 0 aromatic carbocycles. The van der Waals surface area contributed by atoms with Gasteiger partial charge in [-0.3, -0.25) is 0 Å². The zero-order valence-corrected chi connectivity index (χ0v) is 7.10. The lowest BCUT2D eigenvalue weighted by Gasteiger charge is -2.28. The maximum absolute atomic E-state index is 3.59. The van der Waals surface area contributed by atoms with Crippen molar-refractivity contribution in [3.05, 3.63) is 0 Å². The van der Waals surface area contributed by atoms with Gasteiger partial charge in [-0.1, -0.05) is 0 Å². The molecular weight excluding hydrogens is 136 g/mol. The van der Waals surface area contributed by atoms with Crippen molar-refractivity contribution in [2.75, 3.05) is 19.6 Å². The number of rotatable bonds is 1. The van der Waals surface area contributed by atoms with Gasteiger partial charge in [0.15, 0.2) is 0 Å². The minimum atomic E-state index is 0.836. The van der Waals surface area contributed by atoms with E-state index >= 15 is 0 Å². The van der Waals surface area contributed by atoms with Crippen molar-refractivity contribution < 1.29 is 0 Å². The van der Waals surface area contributed by atoms with E-state index in [1.165, 1.54) is 45.3 Å². The largest absolute Gasteiger partial charge is 0.316 e. The molecule has 0 aliphatic carbocycles. The quantitative estimate of drug-likeness (QED) is 0.582. The molecule has 64 valence electrons. The minimum absolute atomic E-state index is 0.836. The van der Waals surface area contributed by atoms with E-state index in [1.54, 1.807) is 0 Å². The molecule has 2 saturated heterocycles. The fraction of sp³-hybridized carbons (Fsp3) is 1.00. The van der Waals surface area contributed by atoms with Crippen LogP contribution < -0.4 is 10.6 Å². The molecule has 11 heavy (non-hydrogen) atoms. The summed E-state index contributed by atoms with van der Waals surface area (Å²) in [6.07, 6.45) is 5.61. The van der Waals surface area contributed by atoms with Crippen LogP contribution in [0.1, 0.15) is 25.7 Å². The summed E-state index contributed by atoms with van der Waals surface area (Å²) in [5.41, 5.74) is 0. The molecule has 0 aromatic rings. The fourth-order valence-corrected chi connectivity index (χ4v) is 2.34. The molecular formula is C9H18N2. The Balaban J connectivity index is 1.82. The summed E-state index contributed by atoms with van der Waals surface area (Å²) in [5, 5.41) is 7.06. The molecule has 2 heterocycles. The molecule has 2 N–H and O–H groups in total. The molecule has 2 heteroatoms. The van der Waals surface area contributed by atoms with E-state index in [9.17, 15) is 0 Å². The third-order valence-corrected chi connectivity index (χ3v) is 3.00. The van der Waals surface area contributed by atoms with E-state index in [4.69, 9.17) is 0 Å². The molecule has 0 aromatic heterocycles. The molecule has 0 unspecified atom stereocenters. The predicted molar refractivity (Wildman–Crippen MR) is 46.6 cm³/mol. The van der Waals surface area contributed by atoms with Gasteiger partial charge in [-0.15, -0.1) is 0 Å². The van der Waals surface area contributed by atoms with Crippen molar-refractivity contribution in [3.63, 3.8) is 0 Å². The Kier molecular flexibility index (Phi) is 2.44. The molecule has 2 fully saturated rings. The molecule has 2 nitrogen and oxygen atoms in total. The lowest BCUT2D eigenvalue weighted by atomic mass is 9.91. The second-order valence-corrected chi connectivity index (χ2v) is 3.81. The van der Waals surface area contributed by atoms with Gasteiger partial charge in [0.25, 0.3) is 0 Å². The first-order valence-electron chi connectivity index (χ1n) is 4.91. The van der Waals surface area contributed by atoms with Gasteiger partial charge in [0.05, 0.1) is 0 Å². The topological polar surface area (TPSA) is 24.1 Å². The smallest absolute Gasteiger partial charge is 0.0108 e. The van der Waals surface area contributed by atoms with Crippen molar-refractivity contribution >= 4 is 0 Å². The molecule has 0 amide bonds. The summed E-state index contributed by atoms with van der Waals surface area (Å²) in [6, 6.07) is 0.836. The van der Waals surface area contributed by atoms with Crippen LogP contribution in [0.2, 0.25) is 0 Å². The van der Waals surface area contributed by atoms with Gasteiger partial charge < -0.3 is 10.6 Å². The Morgan fingerprint density at radius 3 is 2.55 bits per heavy atom. The molecule has 2 rings (SSSR count). The number of hydrogen-bond donors (Lipinski definition) is 2. The summed E-state index contributed by atoms with van der Waals surface area (Å²) in [7, 11) is 0. The van der Waals surface area contributed by atoms with Gasteiger partial charge in [0.1, 0.15) is 0 Å². The second kappa shape index (κ2) is 3.55. The average Bonchev–Trinajstić information content (AvgIpc) is 2.58. The normalized spacial score (nSPS) is 39.3. The van der Waals surface area contributed by atoms with Gasteiger partial charge in [-0.25, -0.2) is 0 Å². The Labute approximate surface area is 68.7 Å². The van der Waals surface area contributed by atoms with Crippen LogP contribution in [0.25, 0.3) is 0 Å². The molecule has 0 spiro atoms. The number of hydrogen-bond acceptors (Lipinski definition) is 2. The van der Waals surface area contributed by atoms with Crippen molar-refractivity contribution in [3.8, 4) is 0 Å². The molecule has 2 atom stereocenters. The van der Waals surface area contributed by atoms with Crippen LogP contribution in [-0.2, 0) is 0 Å². The van der Waals surface area contributed by atoms with E-state index in [1.807, 2.05) is 0 Å². The second-order valence-electron chi connectivity index (χ2n) is 3.81. The minimum Gasteiger partial charge on any atom is -0.316 e. The standard InChI is InChI=1S/C9H18N2/c1-3-8(7-10-5-1)9-4-2-6-11-9/h8-11H,1-7H2/t8-,9+/m0/s1. The van der Waals surface area contributed by atoms with Crippen LogP contribution in [0.3, 0.4) is 0 Å². The van der Waals surface area contributed by atoms with Crippen molar-refractivity contribution in [1.82, 2.24) is 10.6 Å². The van der Waals surface area contributed by atoms with Crippen molar-refractivity contribution in [2.24, 2.45) is 5.92 Å². The van der Waals surface area contributed by atoms with Crippen LogP contribution in [0.4, 0.5) is 0 Å².